The minimum atomic E-state index is -0.852. The van der Waals surface area contributed by atoms with Gasteiger partial charge in [0, 0.05) is 23.1 Å². The van der Waals surface area contributed by atoms with Crippen molar-refractivity contribution in [2.45, 2.75) is 44.9 Å². The van der Waals surface area contributed by atoms with Crippen molar-refractivity contribution in [3.63, 3.8) is 0 Å². The third-order valence-corrected chi connectivity index (χ3v) is 7.47. The minimum Gasteiger partial charge on any atom is -0.447 e. The van der Waals surface area contributed by atoms with Crippen LogP contribution >= 0.6 is 0 Å². The number of carbonyl (C=O) groups is 2. The maximum Gasteiger partial charge on any atom is 0.408 e. The largest absolute Gasteiger partial charge is 0.447 e. The summed E-state index contributed by atoms with van der Waals surface area (Å²) in [6.07, 6.45) is 2.55. The van der Waals surface area contributed by atoms with Crippen LogP contribution in [0.1, 0.15) is 50.2 Å². The number of benzene rings is 3. The molecule has 1 fully saturated rings. The van der Waals surface area contributed by atoms with Gasteiger partial charge in [-0.15, -0.1) is 0 Å². The zero-order valence-electron chi connectivity index (χ0n) is 23.1. The van der Waals surface area contributed by atoms with Crippen LogP contribution in [-0.2, 0) is 9.53 Å². The van der Waals surface area contributed by atoms with Gasteiger partial charge in [-0.05, 0) is 55.5 Å². The molecular weight excluding hydrogens is 514 g/mol. The predicted octanol–water partition coefficient (Wildman–Crippen LogP) is 6.76. The standard InChI is InChI=1S/C33H33N5O3/c1-21(2)41-33(40)37-30(24-9-4-3-5-10-24)32(39)38-18-8-13-29(38)31-34-20-28(36-31)23-16-14-22(15-17-23)27-19-25-11-6-7-12-26(25)35-27/h3-7,9-12,14-17,19-21,29-30,35H,8,13,18H2,1-2H3,(H,34,36)(H,37,40)/t29-,30+/m0/s1. The lowest BCUT2D eigenvalue weighted by molar-refractivity contribution is -0.134. The second kappa shape index (κ2) is 11.3. The SMILES string of the molecule is CC(C)OC(=O)N[C@@H](C(=O)N1CCC[C@H]1c1ncc(-c2ccc(-c3cc4ccccc4[nH]3)cc2)[nH]1)c1ccccc1. The molecule has 8 heteroatoms. The number of H-pyrrole nitrogens is 2. The molecule has 1 aliphatic heterocycles. The molecule has 0 bridgehead atoms. The van der Waals surface area contributed by atoms with Crippen molar-refractivity contribution in [3.8, 4) is 22.5 Å². The quantitative estimate of drug-likeness (QED) is 0.209. The highest BCUT2D eigenvalue weighted by atomic mass is 16.6. The van der Waals surface area contributed by atoms with E-state index in [1.807, 2.05) is 53.6 Å². The van der Waals surface area contributed by atoms with Crippen LogP contribution in [0.15, 0.2) is 91.1 Å². The number of amides is 2. The number of hydrogen-bond donors (Lipinski definition) is 3. The molecule has 208 valence electrons. The molecule has 1 aliphatic rings. The summed E-state index contributed by atoms with van der Waals surface area (Å²) in [7, 11) is 0. The van der Waals surface area contributed by atoms with Gasteiger partial charge >= 0.3 is 6.09 Å². The maximum absolute atomic E-state index is 13.9. The molecule has 0 radical (unpaired) electrons. The summed E-state index contributed by atoms with van der Waals surface area (Å²) in [6.45, 7) is 4.14. The zero-order valence-corrected chi connectivity index (χ0v) is 23.1. The van der Waals surface area contributed by atoms with Gasteiger partial charge in [0.05, 0.1) is 24.0 Å². The number of rotatable bonds is 7. The number of imidazole rings is 1. The van der Waals surface area contributed by atoms with Crippen molar-refractivity contribution in [1.29, 1.82) is 0 Å². The number of hydrogen-bond acceptors (Lipinski definition) is 4. The fourth-order valence-electron chi connectivity index (χ4n) is 5.49. The molecule has 3 aromatic carbocycles. The van der Waals surface area contributed by atoms with Crippen LogP contribution < -0.4 is 5.32 Å². The Balaban J connectivity index is 1.21. The Bertz CT molecular complexity index is 1620. The second-order valence-electron chi connectivity index (χ2n) is 10.7. The first kappa shape index (κ1) is 26.4. The highest BCUT2D eigenvalue weighted by Crippen LogP contribution is 2.34. The first-order valence-corrected chi connectivity index (χ1v) is 14.0. The molecule has 2 aromatic heterocycles. The molecule has 2 amide bonds. The van der Waals surface area contributed by atoms with E-state index in [9.17, 15) is 9.59 Å². The molecule has 3 heterocycles. The molecule has 6 rings (SSSR count). The molecular formula is C33H33N5O3. The lowest BCUT2D eigenvalue weighted by Crippen LogP contribution is -2.43. The molecule has 5 aromatic rings. The average Bonchev–Trinajstić information content (AvgIpc) is 3.75. The van der Waals surface area contributed by atoms with Crippen molar-refractivity contribution >= 4 is 22.9 Å². The topological polar surface area (TPSA) is 103 Å². The number of likely N-dealkylation sites (tertiary alicyclic amines) is 1. The normalized spacial score (nSPS) is 15.8. The van der Waals surface area contributed by atoms with Crippen LogP contribution in [0.5, 0.6) is 0 Å². The van der Waals surface area contributed by atoms with Gasteiger partial charge in [0.2, 0.25) is 0 Å². The van der Waals surface area contributed by atoms with Crippen LogP contribution in [-0.4, -0.2) is 44.5 Å². The number of aromatic nitrogens is 3. The summed E-state index contributed by atoms with van der Waals surface area (Å²) >= 11 is 0. The first-order valence-electron chi connectivity index (χ1n) is 14.0. The smallest absolute Gasteiger partial charge is 0.408 e. The Morgan fingerprint density at radius 1 is 0.927 bits per heavy atom. The Hall–Kier alpha value is -4.85. The summed E-state index contributed by atoms with van der Waals surface area (Å²) < 4.78 is 5.29. The molecule has 0 aliphatic carbocycles. The lowest BCUT2D eigenvalue weighted by atomic mass is 10.0. The van der Waals surface area contributed by atoms with Crippen LogP contribution in [0, 0.1) is 0 Å². The summed E-state index contributed by atoms with van der Waals surface area (Å²) in [5.41, 5.74) is 5.90. The van der Waals surface area contributed by atoms with Gasteiger partial charge in [-0.1, -0.05) is 72.8 Å². The molecule has 0 spiro atoms. The van der Waals surface area contributed by atoms with Crippen LogP contribution in [0.3, 0.4) is 0 Å². The van der Waals surface area contributed by atoms with Gasteiger partial charge in [-0.2, -0.15) is 0 Å². The Morgan fingerprint density at radius 3 is 2.37 bits per heavy atom. The maximum atomic E-state index is 13.9. The first-order chi connectivity index (χ1) is 20.0. The van der Waals surface area contributed by atoms with Crippen LogP contribution in [0.4, 0.5) is 4.79 Å². The highest BCUT2D eigenvalue weighted by molar-refractivity contribution is 5.88. The van der Waals surface area contributed by atoms with E-state index in [0.717, 1.165) is 46.7 Å². The molecule has 8 nitrogen and oxygen atoms in total. The Morgan fingerprint density at radius 2 is 1.63 bits per heavy atom. The van der Waals surface area contributed by atoms with Gasteiger partial charge in [0.25, 0.3) is 5.91 Å². The predicted molar refractivity (Wildman–Crippen MR) is 159 cm³/mol. The Kier molecular flexibility index (Phi) is 7.29. The summed E-state index contributed by atoms with van der Waals surface area (Å²) in [4.78, 5) is 39.8. The molecule has 1 saturated heterocycles. The van der Waals surface area contributed by atoms with Crippen molar-refractivity contribution in [2.75, 3.05) is 6.54 Å². The number of alkyl carbamates (subject to hydrolysis) is 1. The van der Waals surface area contributed by atoms with E-state index < -0.39 is 12.1 Å². The van der Waals surface area contributed by atoms with Crippen molar-refractivity contribution in [2.24, 2.45) is 0 Å². The number of aromatic amines is 2. The van der Waals surface area contributed by atoms with Crippen LogP contribution in [0.25, 0.3) is 33.4 Å². The van der Waals surface area contributed by atoms with Crippen molar-refractivity contribution < 1.29 is 14.3 Å². The number of nitrogens with zero attached hydrogens (tertiary/aromatic N) is 2. The zero-order chi connectivity index (χ0) is 28.3. The van der Waals surface area contributed by atoms with Crippen LogP contribution in [0.2, 0.25) is 0 Å². The van der Waals surface area contributed by atoms with E-state index >= 15 is 0 Å². The molecule has 3 N–H and O–H groups in total. The number of ether oxygens (including phenoxy) is 1. The number of nitrogens with one attached hydrogen (secondary N) is 3. The monoisotopic (exact) mass is 547 g/mol. The fourth-order valence-corrected chi connectivity index (χ4v) is 5.49. The van der Waals surface area contributed by atoms with E-state index in [1.165, 1.54) is 5.39 Å². The number of carbonyl (C=O) groups excluding carboxylic acids is 2. The van der Waals surface area contributed by atoms with E-state index in [2.05, 4.69) is 62.7 Å². The number of fused-ring (bicyclic) bond motifs is 1. The van der Waals surface area contributed by atoms with E-state index in [4.69, 9.17) is 4.74 Å². The van der Waals surface area contributed by atoms with Gasteiger partial charge < -0.3 is 24.9 Å². The summed E-state index contributed by atoms with van der Waals surface area (Å²) in [5, 5.41) is 3.97. The van der Waals surface area contributed by atoms with Gasteiger partial charge in [0.1, 0.15) is 11.9 Å². The van der Waals surface area contributed by atoms with Crippen molar-refractivity contribution in [3.05, 3.63) is 103 Å². The minimum absolute atomic E-state index is 0.181. The average molecular weight is 548 g/mol. The molecule has 0 saturated carbocycles. The summed E-state index contributed by atoms with van der Waals surface area (Å²) in [6, 6.07) is 27.0. The van der Waals surface area contributed by atoms with E-state index in [1.54, 1.807) is 13.8 Å². The van der Waals surface area contributed by atoms with E-state index in [-0.39, 0.29) is 18.1 Å². The molecule has 41 heavy (non-hydrogen) atoms. The van der Waals surface area contributed by atoms with Gasteiger partial charge in [-0.3, -0.25) is 4.79 Å². The summed E-state index contributed by atoms with van der Waals surface area (Å²) in [5.74, 6) is 0.558. The van der Waals surface area contributed by atoms with Gasteiger partial charge in [0.15, 0.2) is 0 Å². The lowest BCUT2D eigenvalue weighted by Gasteiger charge is -2.28. The fraction of sp³-hybridized carbons (Fsp3) is 0.242. The molecule has 2 atom stereocenters. The third kappa shape index (κ3) is 5.59. The highest BCUT2D eigenvalue weighted by Gasteiger charge is 2.37. The second-order valence-corrected chi connectivity index (χ2v) is 10.7. The van der Waals surface area contributed by atoms with E-state index in [0.29, 0.717) is 12.1 Å². The van der Waals surface area contributed by atoms with Crippen molar-refractivity contribution in [1.82, 2.24) is 25.2 Å². The van der Waals surface area contributed by atoms with Gasteiger partial charge in [-0.25, -0.2) is 9.78 Å². The molecule has 0 unspecified atom stereocenters. The third-order valence-electron chi connectivity index (χ3n) is 7.47. The Labute approximate surface area is 238 Å². The number of para-hydroxylation sites is 1.